The minimum atomic E-state index is -0.184. The molecule has 2 aromatic rings. The lowest BCUT2D eigenvalue weighted by Crippen LogP contribution is -2.48. The van der Waals surface area contributed by atoms with Gasteiger partial charge in [0.15, 0.2) is 5.96 Å². The van der Waals surface area contributed by atoms with Crippen molar-refractivity contribution in [1.82, 2.24) is 15.6 Å². The summed E-state index contributed by atoms with van der Waals surface area (Å²) in [5.41, 5.74) is 1.89. The highest BCUT2D eigenvalue weighted by Crippen LogP contribution is 2.20. The van der Waals surface area contributed by atoms with Crippen LogP contribution in [0, 0.1) is 5.82 Å². The summed E-state index contributed by atoms with van der Waals surface area (Å²) in [6, 6.07) is 13.2. The molecular weight excluding hydrogens is 494 g/mol. The fourth-order valence-electron chi connectivity index (χ4n) is 3.43. The van der Waals surface area contributed by atoms with Gasteiger partial charge in [-0.15, -0.1) is 24.0 Å². The fourth-order valence-corrected chi connectivity index (χ4v) is 3.43. The molecule has 2 N–H and O–H groups in total. The minimum Gasteiger partial charge on any atom is -0.371 e. The maximum Gasteiger partial charge on any atom is 0.191 e. The van der Waals surface area contributed by atoms with E-state index in [0.717, 1.165) is 55.6 Å². The average Bonchev–Trinajstić information content (AvgIpc) is 2.73. The highest BCUT2D eigenvalue weighted by Gasteiger charge is 2.20. The van der Waals surface area contributed by atoms with Gasteiger partial charge in [0.05, 0.1) is 12.2 Å². The molecule has 1 aliphatic heterocycles. The molecule has 2 heterocycles. The summed E-state index contributed by atoms with van der Waals surface area (Å²) in [6.07, 6.45) is 1.96. The lowest BCUT2D eigenvalue weighted by atomic mass is 10.0. The largest absolute Gasteiger partial charge is 0.371 e. The van der Waals surface area contributed by atoms with E-state index >= 15 is 0 Å². The lowest BCUT2D eigenvalue weighted by Gasteiger charge is -2.34. The summed E-state index contributed by atoms with van der Waals surface area (Å²) >= 11 is 0. The summed E-state index contributed by atoms with van der Waals surface area (Å²) in [4.78, 5) is 13.6. The summed E-state index contributed by atoms with van der Waals surface area (Å²) in [7, 11) is 3.97. The number of hydrogen-bond donors (Lipinski definition) is 2. The number of rotatable bonds is 6. The van der Waals surface area contributed by atoms with Crippen LogP contribution in [0.15, 0.2) is 47.5 Å². The smallest absolute Gasteiger partial charge is 0.191 e. The van der Waals surface area contributed by atoms with Crippen molar-refractivity contribution in [3.05, 3.63) is 54.0 Å². The first-order valence-electron chi connectivity index (χ1n) is 10.2. The van der Waals surface area contributed by atoms with Gasteiger partial charge < -0.3 is 20.4 Å². The third kappa shape index (κ3) is 7.00. The van der Waals surface area contributed by atoms with Gasteiger partial charge in [-0.25, -0.2) is 14.4 Å². The molecule has 1 aromatic carbocycles. The number of aromatic nitrogens is 1. The first-order valence-corrected chi connectivity index (χ1v) is 10.2. The van der Waals surface area contributed by atoms with Crippen LogP contribution >= 0.6 is 24.0 Å². The van der Waals surface area contributed by atoms with Gasteiger partial charge in [0, 0.05) is 45.5 Å². The van der Waals surface area contributed by atoms with E-state index in [1.165, 1.54) is 6.07 Å². The van der Waals surface area contributed by atoms with Gasteiger partial charge in [0.1, 0.15) is 11.6 Å². The zero-order valence-electron chi connectivity index (χ0n) is 17.9. The Labute approximate surface area is 196 Å². The van der Waals surface area contributed by atoms with Crippen molar-refractivity contribution in [2.24, 2.45) is 4.99 Å². The van der Waals surface area contributed by atoms with Crippen molar-refractivity contribution < 1.29 is 4.39 Å². The van der Waals surface area contributed by atoms with Gasteiger partial charge >= 0.3 is 0 Å². The van der Waals surface area contributed by atoms with Crippen LogP contribution in [0.5, 0.6) is 0 Å². The van der Waals surface area contributed by atoms with Crippen molar-refractivity contribution in [3.63, 3.8) is 0 Å². The van der Waals surface area contributed by atoms with Crippen LogP contribution in [0.4, 0.5) is 15.9 Å². The molecule has 3 rings (SSSR count). The number of anilines is 2. The van der Waals surface area contributed by atoms with E-state index in [9.17, 15) is 4.39 Å². The number of nitrogens with zero attached hydrogens (tertiary/aromatic N) is 4. The van der Waals surface area contributed by atoms with Crippen molar-refractivity contribution in [2.75, 3.05) is 43.5 Å². The van der Waals surface area contributed by atoms with Crippen LogP contribution < -0.4 is 20.4 Å². The van der Waals surface area contributed by atoms with E-state index in [4.69, 9.17) is 4.99 Å². The predicted octanol–water partition coefficient (Wildman–Crippen LogP) is 3.63. The molecule has 0 saturated carbocycles. The van der Waals surface area contributed by atoms with E-state index in [0.29, 0.717) is 12.6 Å². The molecule has 1 aromatic heterocycles. The van der Waals surface area contributed by atoms with Gasteiger partial charge in [0.2, 0.25) is 0 Å². The SMILES string of the molecule is CCNC(=NCc1cccc(N(C)C)n1)NC1CCN(c2cccc(F)c2)CC1.I. The molecule has 0 bridgehead atoms. The maximum absolute atomic E-state index is 13.5. The van der Waals surface area contributed by atoms with Gasteiger partial charge in [-0.1, -0.05) is 12.1 Å². The zero-order valence-corrected chi connectivity index (χ0v) is 20.3. The van der Waals surface area contributed by atoms with E-state index in [1.807, 2.05) is 43.3 Å². The van der Waals surface area contributed by atoms with E-state index in [1.54, 1.807) is 12.1 Å². The number of nitrogens with one attached hydrogen (secondary N) is 2. The normalized spacial score (nSPS) is 14.8. The van der Waals surface area contributed by atoms with Gasteiger partial charge in [-0.05, 0) is 50.1 Å². The number of halogens is 2. The Morgan fingerprint density at radius 1 is 1.20 bits per heavy atom. The molecule has 0 amide bonds. The molecular formula is C22H32FIN6. The molecule has 0 atom stereocenters. The molecule has 0 spiro atoms. The lowest BCUT2D eigenvalue weighted by molar-refractivity contribution is 0.461. The second kappa shape index (κ2) is 11.9. The predicted molar refractivity (Wildman–Crippen MR) is 134 cm³/mol. The van der Waals surface area contributed by atoms with Crippen LogP contribution in [-0.4, -0.2) is 50.7 Å². The minimum absolute atomic E-state index is 0. The van der Waals surface area contributed by atoms with Crippen molar-refractivity contribution in [1.29, 1.82) is 0 Å². The highest BCUT2D eigenvalue weighted by atomic mass is 127. The molecule has 6 nitrogen and oxygen atoms in total. The summed E-state index contributed by atoms with van der Waals surface area (Å²) < 4.78 is 13.5. The van der Waals surface area contributed by atoms with E-state index in [-0.39, 0.29) is 29.8 Å². The van der Waals surface area contributed by atoms with Gasteiger partial charge in [-0.2, -0.15) is 0 Å². The number of guanidine groups is 1. The molecule has 1 aliphatic rings. The van der Waals surface area contributed by atoms with Crippen molar-refractivity contribution >= 4 is 41.4 Å². The molecule has 0 radical (unpaired) electrons. The Balaban J connectivity index is 0.00000320. The maximum atomic E-state index is 13.5. The van der Waals surface area contributed by atoms with Crippen LogP contribution in [0.3, 0.4) is 0 Å². The van der Waals surface area contributed by atoms with Crippen LogP contribution in [-0.2, 0) is 6.54 Å². The van der Waals surface area contributed by atoms with Gasteiger partial charge in [0.25, 0.3) is 0 Å². The summed E-state index contributed by atoms with van der Waals surface area (Å²) in [5.74, 6) is 1.56. The number of piperidine rings is 1. The van der Waals surface area contributed by atoms with Crippen molar-refractivity contribution in [2.45, 2.75) is 32.4 Å². The third-order valence-corrected chi connectivity index (χ3v) is 5.00. The molecule has 8 heteroatoms. The molecule has 0 aliphatic carbocycles. The second-order valence-electron chi connectivity index (χ2n) is 7.46. The van der Waals surface area contributed by atoms with Crippen LogP contribution in [0.1, 0.15) is 25.5 Å². The monoisotopic (exact) mass is 526 g/mol. The fraction of sp³-hybridized carbons (Fsp3) is 0.455. The first-order chi connectivity index (χ1) is 14.0. The molecule has 1 saturated heterocycles. The van der Waals surface area contributed by atoms with Gasteiger partial charge in [-0.3, -0.25) is 0 Å². The number of benzene rings is 1. The summed E-state index contributed by atoms with van der Waals surface area (Å²) in [5, 5.41) is 6.87. The number of aliphatic imine (C=N–C) groups is 1. The molecule has 0 unspecified atom stereocenters. The van der Waals surface area contributed by atoms with E-state index in [2.05, 4.69) is 27.4 Å². The van der Waals surface area contributed by atoms with E-state index < -0.39 is 0 Å². The second-order valence-corrected chi connectivity index (χ2v) is 7.46. The number of pyridine rings is 1. The topological polar surface area (TPSA) is 55.8 Å². The number of hydrogen-bond acceptors (Lipinski definition) is 4. The Hall–Kier alpha value is -2.10. The summed E-state index contributed by atoms with van der Waals surface area (Å²) in [6.45, 7) is 5.19. The average molecular weight is 526 g/mol. The molecule has 1 fully saturated rings. The zero-order chi connectivity index (χ0) is 20.6. The third-order valence-electron chi connectivity index (χ3n) is 5.00. The highest BCUT2D eigenvalue weighted by molar-refractivity contribution is 14.0. The Bertz CT molecular complexity index is 821. The van der Waals surface area contributed by atoms with Crippen LogP contribution in [0.2, 0.25) is 0 Å². The Kier molecular flexibility index (Phi) is 9.61. The molecule has 164 valence electrons. The standard InChI is InChI=1S/C22H31FN6.HI/c1-4-24-22(25-16-19-8-6-10-21(26-19)28(2)3)27-18-11-13-29(14-12-18)20-9-5-7-17(23)15-20;/h5-10,15,18H,4,11-14,16H2,1-3H3,(H2,24,25,27);1H. The Morgan fingerprint density at radius 2 is 1.93 bits per heavy atom. The quantitative estimate of drug-likeness (QED) is 0.342. The first kappa shape index (κ1) is 24.2. The van der Waals surface area contributed by atoms with Crippen LogP contribution in [0.25, 0.3) is 0 Å². The Morgan fingerprint density at radius 3 is 2.60 bits per heavy atom. The van der Waals surface area contributed by atoms with Crippen molar-refractivity contribution in [3.8, 4) is 0 Å². The molecule has 30 heavy (non-hydrogen) atoms.